The summed E-state index contributed by atoms with van der Waals surface area (Å²) in [5.74, 6) is 0.280. The molecule has 1 aromatic heterocycles. The van der Waals surface area contributed by atoms with Crippen molar-refractivity contribution in [3.63, 3.8) is 0 Å². The van der Waals surface area contributed by atoms with Gasteiger partial charge in [-0.3, -0.25) is 4.68 Å². The van der Waals surface area contributed by atoms with E-state index in [9.17, 15) is 17.6 Å². The topological polar surface area (TPSA) is 45.1 Å². The van der Waals surface area contributed by atoms with Crippen molar-refractivity contribution in [3.8, 4) is 0 Å². The van der Waals surface area contributed by atoms with E-state index < -0.39 is 11.7 Å². The Morgan fingerprint density at radius 3 is 2.46 bits per heavy atom. The monoisotopic (exact) mass is 535 g/mol. The molecule has 5 rings (SSSR count). The summed E-state index contributed by atoms with van der Waals surface area (Å²) in [6.45, 7) is 3.42. The first-order valence-electron chi connectivity index (χ1n) is 12.6. The molecule has 0 bridgehead atoms. The molecular weight excluding hydrogens is 506 g/mol. The molecule has 1 aliphatic carbocycles. The molecule has 2 aliphatic rings. The Balaban J connectivity index is 1.26. The minimum absolute atomic E-state index is 0.0267. The second-order valence-corrected chi connectivity index (χ2v) is 10.3. The largest absolute Gasteiger partial charge is 0.416 e. The van der Waals surface area contributed by atoms with E-state index in [1.165, 1.54) is 18.2 Å². The molecule has 37 heavy (non-hydrogen) atoms. The summed E-state index contributed by atoms with van der Waals surface area (Å²) in [6, 6.07) is 10.8. The number of alkyl halides is 3. The van der Waals surface area contributed by atoms with Gasteiger partial charge in [-0.05, 0) is 56.4 Å². The highest BCUT2D eigenvalue weighted by atomic mass is 35.5. The first-order valence-corrected chi connectivity index (χ1v) is 13.0. The van der Waals surface area contributed by atoms with Crippen molar-refractivity contribution < 1.29 is 17.6 Å². The van der Waals surface area contributed by atoms with Crippen LogP contribution in [0.2, 0.25) is 5.02 Å². The van der Waals surface area contributed by atoms with Gasteiger partial charge in [-0.15, -0.1) is 0 Å². The van der Waals surface area contributed by atoms with E-state index in [4.69, 9.17) is 11.6 Å². The van der Waals surface area contributed by atoms with Gasteiger partial charge in [0.25, 0.3) is 0 Å². The molecule has 1 saturated heterocycles. The molecule has 2 aromatic carbocycles. The normalized spacial score (nSPS) is 17.7. The van der Waals surface area contributed by atoms with Crippen LogP contribution in [0.5, 0.6) is 0 Å². The summed E-state index contributed by atoms with van der Waals surface area (Å²) in [5.41, 5.74) is 0.920. The molecule has 0 amide bonds. The minimum atomic E-state index is -4.41. The second-order valence-electron chi connectivity index (χ2n) is 9.87. The number of hydrogen-bond acceptors (Lipinski definition) is 4. The third-order valence-corrected chi connectivity index (χ3v) is 7.46. The smallest absolute Gasteiger partial charge is 0.368 e. The molecule has 2 heterocycles. The third kappa shape index (κ3) is 5.88. The van der Waals surface area contributed by atoms with Gasteiger partial charge >= 0.3 is 6.18 Å². The van der Waals surface area contributed by atoms with Crippen LogP contribution in [0, 0.1) is 5.82 Å². The molecule has 1 unspecified atom stereocenters. The lowest BCUT2D eigenvalue weighted by Gasteiger charge is -2.35. The van der Waals surface area contributed by atoms with Crippen molar-refractivity contribution in [2.24, 2.45) is 0 Å². The van der Waals surface area contributed by atoms with Crippen LogP contribution in [0.15, 0.2) is 48.7 Å². The molecule has 2 fully saturated rings. The van der Waals surface area contributed by atoms with Crippen LogP contribution in [0.3, 0.4) is 0 Å². The van der Waals surface area contributed by atoms with E-state index in [1.54, 1.807) is 18.2 Å². The van der Waals surface area contributed by atoms with E-state index in [2.05, 4.69) is 15.7 Å². The standard InChI is InChI=1S/C27H30ClF4N5/c1-17(34-19-11-13-36(14-12-19)25-23(28)7-4-8-24(25)29)21-16-37(20-9-10-20)35-26(21)33-15-18-5-2-3-6-22(18)27(30,31)32/h2-8,16-17,19-20,34H,9-15H2,1H3,(H,33,35). The lowest BCUT2D eigenvalue weighted by Crippen LogP contribution is -2.43. The third-order valence-electron chi connectivity index (χ3n) is 7.15. The highest BCUT2D eigenvalue weighted by Crippen LogP contribution is 2.37. The number of para-hydroxylation sites is 1. The van der Waals surface area contributed by atoms with Crippen LogP contribution in [-0.4, -0.2) is 28.9 Å². The molecule has 5 nitrogen and oxygen atoms in total. The summed E-state index contributed by atoms with van der Waals surface area (Å²) in [5, 5.41) is 11.9. The number of halogens is 5. The van der Waals surface area contributed by atoms with Crippen molar-refractivity contribution >= 4 is 23.1 Å². The maximum absolute atomic E-state index is 14.3. The Morgan fingerprint density at radius 1 is 1.05 bits per heavy atom. The van der Waals surface area contributed by atoms with Crippen LogP contribution in [-0.2, 0) is 12.7 Å². The van der Waals surface area contributed by atoms with Crippen molar-refractivity contribution in [2.75, 3.05) is 23.3 Å². The van der Waals surface area contributed by atoms with Crippen LogP contribution < -0.4 is 15.5 Å². The van der Waals surface area contributed by atoms with Gasteiger partial charge in [-0.2, -0.15) is 18.3 Å². The summed E-state index contributed by atoms with van der Waals surface area (Å²) < 4.78 is 56.6. The lowest BCUT2D eigenvalue weighted by molar-refractivity contribution is -0.138. The fraction of sp³-hybridized carbons (Fsp3) is 0.444. The molecule has 0 radical (unpaired) electrons. The molecule has 3 aromatic rings. The number of nitrogens with one attached hydrogen (secondary N) is 2. The molecule has 2 N–H and O–H groups in total. The minimum Gasteiger partial charge on any atom is -0.368 e. The van der Waals surface area contributed by atoms with E-state index >= 15 is 0 Å². The van der Waals surface area contributed by atoms with Crippen LogP contribution >= 0.6 is 11.6 Å². The van der Waals surface area contributed by atoms with Crippen molar-refractivity contribution in [3.05, 3.63) is 76.2 Å². The maximum atomic E-state index is 14.3. The van der Waals surface area contributed by atoms with E-state index in [1.807, 2.05) is 22.7 Å². The zero-order valence-electron chi connectivity index (χ0n) is 20.5. The SMILES string of the molecule is CC(NC1CCN(c2c(F)cccc2Cl)CC1)c1cn(C2CC2)nc1NCc1ccccc1C(F)(F)F. The van der Waals surface area contributed by atoms with Gasteiger partial charge in [-0.25, -0.2) is 4.39 Å². The number of hydrogen-bond donors (Lipinski definition) is 2. The van der Waals surface area contributed by atoms with Gasteiger partial charge in [0.15, 0.2) is 5.82 Å². The van der Waals surface area contributed by atoms with Crippen LogP contribution in [0.25, 0.3) is 0 Å². The Hall–Kier alpha value is -2.78. The number of anilines is 2. The van der Waals surface area contributed by atoms with E-state index in [-0.39, 0.29) is 30.0 Å². The fourth-order valence-corrected chi connectivity index (χ4v) is 5.30. The predicted molar refractivity (Wildman–Crippen MR) is 137 cm³/mol. The van der Waals surface area contributed by atoms with Crippen molar-refractivity contribution in [2.45, 2.75) is 63.5 Å². The first kappa shape index (κ1) is 25.9. The summed E-state index contributed by atoms with van der Waals surface area (Å²) in [4.78, 5) is 1.98. The summed E-state index contributed by atoms with van der Waals surface area (Å²) in [7, 11) is 0. The number of aromatic nitrogens is 2. The lowest BCUT2D eigenvalue weighted by atomic mass is 10.0. The average molecular weight is 536 g/mol. The fourth-order valence-electron chi connectivity index (χ4n) is 5.02. The van der Waals surface area contributed by atoms with E-state index in [0.29, 0.717) is 35.7 Å². The number of nitrogens with zero attached hydrogens (tertiary/aromatic N) is 3. The highest BCUT2D eigenvalue weighted by molar-refractivity contribution is 6.33. The van der Waals surface area contributed by atoms with Gasteiger partial charge in [0, 0.05) is 43.5 Å². The zero-order chi connectivity index (χ0) is 26.2. The molecule has 1 atom stereocenters. The van der Waals surface area contributed by atoms with Gasteiger partial charge in [0.05, 0.1) is 22.3 Å². The van der Waals surface area contributed by atoms with Crippen molar-refractivity contribution in [1.29, 1.82) is 0 Å². The zero-order valence-corrected chi connectivity index (χ0v) is 21.3. The van der Waals surface area contributed by atoms with Gasteiger partial charge in [0.1, 0.15) is 5.82 Å². The molecule has 0 spiro atoms. The molecule has 1 saturated carbocycles. The first-order chi connectivity index (χ1) is 17.7. The maximum Gasteiger partial charge on any atom is 0.416 e. The molecule has 1 aliphatic heterocycles. The molecular formula is C27H30ClF4N5. The van der Waals surface area contributed by atoms with E-state index in [0.717, 1.165) is 37.3 Å². The Morgan fingerprint density at radius 2 is 1.78 bits per heavy atom. The second kappa shape index (κ2) is 10.5. The Labute approximate surface area is 218 Å². The van der Waals surface area contributed by atoms with Crippen LogP contribution in [0.1, 0.15) is 61.4 Å². The Bertz CT molecular complexity index is 1210. The number of piperidine rings is 1. The van der Waals surface area contributed by atoms with Gasteiger partial charge in [0.2, 0.25) is 0 Å². The van der Waals surface area contributed by atoms with Gasteiger partial charge < -0.3 is 15.5 Å². The quantitative estimate of drug-likeness (QED) is 0.306. The molecule has 10 heteroatoms. The average Bonchev–Trinajstić information content (AvgIpc) is 3.62. The highest BCUT2D eigenvalue weighted by Gasteiger charge is 2.33. The predicted octanol–water partition coefficient (Wildman–Crippen LogP) is 6.96. The number of benzene rings is 2. The number of rotatable bonds is 8. The molecule has 198 valence electrons. The van der Waals surface area contributed by atoms with Crippen molar-refractivity contribution in [1.82, 2.24) is 15.1 Å². The Kier molecular flexibility index (Phi) is 7.36. The summed E-state index contributed by atoms with van der Waals surface area (Å²) in [6.07, 6.45) is 1.32. The van der Waals surface area contributed by atoms with Crippen LogP contribution in [0.4, 0.5) is 29.1 Å². The van der Waals surface area contributed by atoms with Gasteiger partial charge in [-0.1, -0.05) is 35.9 Å². The summed E-state index contributed by atoms with van der Waals surface area (Å²) >= 11 is 6.25.